The third kappa shape index (κ3) is 2.97. The lowest BCUT2D eigenvalue weighted by Gasteiger charge is -2.19. The Morgan fingerprint density at radius 3 is 3.00 bits per heavy atom. The number of likely N-dealkylation sites (N-methyl/N-ethyl adjacent to an activating group) is 1. The minimum absolute atomic E-state index is 0. The Morgan fingerprint density at radius 1 is 1.33 bits per heavy atom. The average molecular weight is 269 g/mol. The molecule has 0 aromatic heterocycles. The van der Waals surface area contributed by atoms with Gasteiger partial charge < -0.3 is 15.0 Å². The molecule has 2 aliphatic rings. The van der Waals surface area contributed by atoms with Crippen LogP contribution in [-0.4, -0.2) is 37.7 Å². The molecule has 0 amide bonds. The summed E-state index contributed by atoms with van der Waals surface area (Å²) in [7, 11) is 2.15. The van der Waals surface area contributed by atoms with Crippen LogP contribution >= 0.6 is 12.4 Å². The molecule has 0 radical (unpaired) electrons. The Kier molecular flexibility index (Phi) is 4.49. The Hall–Kier alpha value is -0.770. The molecule has 4 heteroatoms. The van der Waals surface area contributed by atoms with Gasteiger partial charge in [0.25, 0.3) is 0 Å². The van der Waals surface area contributed by atoms with Crippen molar-refractivity contribution < 1.29 is 4.74 Å². The minimum Gasteiger partial charge on any atom is -0.489 e. The van der Waals surface area contributed by atoms with Crippen molar-refractivity contribution >= 4 is 12.4 Å². The number of hydrogen-bond acceptors (Lipinski definition) is 3. The van der Waals surface area contributed by atoms with Gasteiger partial charge in [0.1, 0.15) is 11.9 Å². The van der Waals surface area contributed by atoms with E-state index in [1.807, 2.05) is 0 Å². The maximum Gasteiger partial charge on any atom is 0.120 e. The molecule has 0 unspecified atom stereocenters. The van der Waals surface area contributed by atoms with E-state index in [-0.39, 0.29) is 12.4 Å². The summed E-state index contributed by atoms with van der Waals surface area (Å²) < 4.78 is 6.05. The smallest absolute Gasteiger partial charge is 0.120 e. The second-order valence-electron chi connectivity index (χ2n) is 5.15. The maximum atomic E-state index is 6.05. The summed E-state index contributed by atoms with van der Waals surface area (Å²) in [6.07, 6.45) is 2.64. The molecule has 1 aromatic rings. The standard InChI is InChI=1S/C14H20N2O.ClH/c1-16-7-5-14(10-16)17-13-3-2-12-9-15-6-4-11(12)8-13;/h2-3,8,14-15H,4-7,9-10H2,1H3;1H/t14-;/m0./s1. The van der Waals surface area contributed by atoms with Crippen LogP contribution in [0.5, 0.6) is 5.75 Å². The Balaban J connectivity index is 0.00000120. The van der Waals surface area contributed by atoms with E-state index in [0.29, 0.717) is 6.10 Å². The monoisotopic (exact) mass is 268 g/mol. The lowest BCUT2D eigenvalue weighted by Crippen LogP contribution is -2.24. The van der Waals surface area contributed by atoms with Crippen LogP contribution in [0.15, 0.2) is 18.2 Å². The van der Waals surface area contributed by atoms with Gasteiger partial charge in [0, 0.05) is 19.6 Å². The highest BCUT2D eigenvalue weighted by Crippen LogP contribution is 2.23. The molecule has 1 atom stereocenters. The normalized spacial score (nSPS) is 23.3. The van der Waals surface area contributed by atoms with Gasteiger partial charge in [-0.25, -0.2) is 0 Å². The first-order valence-corrected chi connectivity index (χ1v) is 6.49. The molecule has 1 saturated heterocycles. The van der Waals surface area contributed by atoms with E-state index in [2.05, 4.69) is 35.5 Å². The van der Waals surface area contributed by atoms with Crippen LogP contribution in [0.2, 0.25) is 0 Å². The lowest BCUT2D eigenvalue weighted by atomic mass is 10.0. The first-order chi connectivity index (χ1) is 8.31. The molecule has 0 aliphatic carbocycles. The van der Waals surface area contributed by atoms with Crippen molar-refractivity contribution in [2.75, 3.05) is 26.7 Å². The number of nitrogens with zero attached hydrogens (tertiary/aromatic N) is 1. The van der Waals surface area contributed by atoms with Crippen LogP contribution < -0.4 is 10.1 Å². The summed E-state index contributed by atoms with van der Waals surface area (Å²) >= 11 is 0. The quantitative estimate of drug-likeness (QED) is 0.886. The average Bonchev–Trinajstić information content (AvgIpc) is 2.75. The number of halogens is 1. The van der Waals surface area contributed by atoms with Crippen LogP contribution in [0.25, 0.3) is 0 Å². The van der Waals surface area contributed by atoms with Crippen molar-refractivity contribution in [1.29, 1.82) is 0 Å². The Labute approximate surface area is 115 Å². The molecule has 0 saturated carbocycles. The minimum atomic E-state index is 0. The predicted molar refractivity (Wildman–Crippen MR) is 75.6 cm³/mol. The topological polar surface area (TPSA) is 24.5 Å². The third-order valence-corrected chi connectivity index (χ3v) is 3.72. The SMILES string of the molecule is CN1CC[C@H](Oc2ccc3c(c2)CCNC3)C1.Cl. The first kappa shape index (κ1) is 13.7. The fourth-order valence-corrected chi connectivity index (χ4v) is 2.71. The Bertz CT molecular complexity index is 411. The van der Waals surface area contributed by atoms with Gasteiger partial charge in [-0.1, -0.05) is 6.07 Å². The summed E-state index contributed by atoms with van der Waals surface area (Å²) in [5.41, 5.74) is 2.87. The van der Waals surface area contributed by atoms with Crippen molar-refractivity contribution in [3.63, 3.8) is 0 Å². The zero-order valence-corrected chi connectivity index (χ0v) is 11.6. The van der Waals surface area contributed by atoms with E-state index >= 15 is 0 Å². The highest BCUT2D eigenvalue weighted by atomic mass is 35.5. The summed E-state index contributed by atoms with van der Waals surface area (Å²) in [5, 5.41) is 3.39. The first-order valence-electron chi connectivity index (χ1n) is 6.49. The maximum absolute atomic E-state index is 6.05. The summed E-state index contributed by atoms with van der Waals surface area (Å²) in [5.74, 6) is 1.05. The van der Waals surface area contributed by atoms with Gasteiger partial charge in [-0.15, -0.1) is 12.4 Å². The second kappa shape index (κ2) is 5.91. The summed E-state index contributed by atoms with van der Waals surface area (Å²) in [6, 6.07) is 6.55. The van der Waals surface area contributed by atoms with Crippen LogP contribution in [-0.2, 0) is 13.0 Å². The molecule has 3 nitrogen and oxygen atoms in total. The van der Waals surface area contributed by atoms with Gasteiger partial charge in [0.05, 0.1) is 0 Å². The van der Waals surface area contributed by atoms with E-state index in [1.54, 1.807) is 0 Å². The van der Waals surface area contributed by atoms with Crippen molar-refractivity contribution in [1.82, 2.24) is 10.2 Å². The molecule has 1 fully saturated rings. The molecule has 2 heterocycles. The summed E-state index contributed by atoms with van der Waals surface area (Å²) in [6.45, 7) is 4.29. The van der Waals surface area contributed by atoms with Crippen molar-refractivity contribution in [2.24, 2.45) is 0 Å². The van der Waals surface area contributed by atoms with E-state index in [9.17, 15) is 0 Å². The molecule has 2 aliphatic heterocycles. The van der Waals surface area contributed by atoms with E-state index in [4.69, 9.17) is 4.74 Å². The number of fused-ring (bicyclic) bond motifs is 1. The fraction of sp³-hybridized carbons (Fsp3) is 0.571. The van der Waals surface area contributed by atoms with Crippen molar-refractivity contribution in [3.05, 3.63) is 29.3 Å². The number of hydrogen-bond donors (Lipinski definition) is 1. The molecule has 1 N–H and O–H groups in total. The number of nitrogens with one attached hydrogen (secondary N) is 1. The van der Waals surface area contributed by atoms with Crippen molar-refractivity contribution in [2.45, 2.75) is 25.5 Å². The van der Waals surface area contributed by atoms with Gasteiger partial charge in [0.15, 0.2) is 0 Å². The van der Waals surface area contributed by atoms with Gasteiger partial charge in [-0.3, -0.25) is 0 Å². The number of ether oxygens (including phenoxy) is 1. The molecular formula is C14H21ClN2O. The molecule has 18 heavy (non-hydrogen) atoms. The van der Waals surface area contributed by atoms with Gasteiger partial charge in [-0.2, -0.15) is 0 Å². The number of likely N-dealkylation sites (tertiary alicyclic amines) is 1. The molecule has 0 bridgehead atoms. The molecule has 100 valence electrons. The highest BCUT2D eigenvalue weighted by Gasteiger charge is 2.21. The van der Waals surface area contributed by atoms with Gasteiger partial charge >= 0.3 is 0 Å². The van der Waals surface area contributed by atoms with Crippen LogP contribution in [0.3, 0.4) is 0 Å². The Morgan fingerprint density at radius 2 is 2.22 bits per heavy atom. The predicted octanol–water partition coefficient (Wildman–Crippen LogP) is 1.84. The fourth-order valence-electron chi connectivity index (χ4n) is 2.71. The van der Waals surface area contributed by atoms with Gasteiger partial charge in [-0.05, 0) is 49.7 Å². The lowest BCUT2D eigenvalue weighted by molar-refractivity contribution is 0.208. The van der Waals surface area contributed by atoms with E-state index in [1.165, 1.54) is 11.1 Å². The number of benzene rings is 1. The highest BCUT2D eigenvalue weighted by molar-refractivity contribution is 5.85. The van der Waals surface area contributed by atoms with Crippen LogP contribution in [0.4, 0.5) is 0 Å². The third-order valence-electron chi connectivity index (χ3n) is 3.72. The molecular weight excluding hydrogens is 248 g/mol. The van der Waals surface area contributed by atoms with E-state index < -0.39 is 0 Å². The van der Waals surface area contributed by atoms with Crippen molar-refractivity contribution in [3.8, 4) is 5.75 Å². The molecule has 3 rings (SSSR count). The largest absolute Gasteiger partial charge is 0.489 e. The van der Waals surface area contributed by atoms with E-state index in [0.717, 1.165) is 44.8 Å². The number of rotatable bonds is 2. The van der Waals surface area contributed by atoms with Crippen LogP contribution in [0, 0.1) is 0 Å². The summed E-state index contributed by atoms with van der Waals surface area (Å²) in [4.78, 5) is 2.33. The second-order valence-corrected chi connectivity index (χ2v) is 5.15. The zero-order valence-electron chi connectivity index (χ0n) is 10.8. The van der Waals surface area contributed by atoms with Gasteiger partial charge in [0.2, 0.25) is 0 Å². The zero-order chi connectivity index (χ0) is 11.7. The molecule has 0 spiro atoms. The van der Waals surface area contributed by atoms with Crippen LogP contribution in [0.1, 0.15) is 17.5 Å². The molecule has 1 aromatic carbocycles.